The largest absolute Gasteiger partial charge is 0.289 e. The smallest absolute Gasteiger partial charge is 0.272 e. The molecule has 1 heterocycles. The number of benzene rings is 3. The summed E-state index contributed by atoms with van der Waals surface area (Å²) in [5.41, 5.74) is 6.37. The van der Waals surface area contributed by atoms with Crippen LogP contribution in [0.3, 0.4) is 0 Å². The third-order valence-electron chi connectivity index (χ3n) is 4.47. The highest BCUT2D eigenvalue weighted by Gasteiger charge is 2.11. The molecule has 3 aromatic carbocycles. The van der Waals surface area contributed by atoms with Crippen molar-refractivity contribution in [1.29, 1.82) is 0 Å². The van der Waals surface area contributed by atoms with Gasteiger partial charge in [0, 0.05) is 11.1 Å². The van der Waals surface area contributed by atoms with Crippen molar-refractivity contribution >= 4 is 23.7 Å². The number of H-pyrrole nitrogens is 1. The lowest BCUT2D eigenvalue weighted by molar-refractivity contribution is 0.0950. The molecule has 0 fully saturated rings. The van der Waals surface area contributed by atoms with E-state index >= 15 is 0 Å². The Balaban J connectivity index is 1.45. The second-order valence-electron chi connectivity index (χ2n) is 6.44. The van der Waals surface area contributed by atoms with E-state index in [-0.39, 0.29) is 16.3 Å². The van der Waals surface area contributed by atoms with Gasteiger partial charge in [-0.2, -0.15) is 10.2 Å². The summed E-state index contributed by atoms with van der Waals surface area (Å²) < 4.78 is 13.7. The van der Waals surface area contributed by atoms with Crippen LogP contribution < -0.4 is 5.43 Å². The van der Waals surface area contributed by atoms with Gasteiger partial charge in [0.15, 0.2) is 0 Å². The van der Waals surface area contributed by atoms with Crippen molar-refractivity contribution in [2.24, 2.45) is 5.10 Å². The first-order valence-electron chi connectivity index (χ1n) is 9.10. The van der Waals surface area contributed by atoms with Crippen molar-refractivity contribution in [2.45, 2.75) is 0 Å². The molecule has 5 nitrogen and oxygen atoms in total. The molecule has 0 aliphatic heterocycles. The zero-order valence-corrected chi connectivity index (χ0v) is 16.4. The van der Waals surface area contributed by atoms with Crippen molar-refractivity contribution < 1.29 is 9.18 Å². The van der Waals surface area contributed by atoms with Gasteiger partial charge >= 0.3 is 0 Å². The maximum absolute atomic E-state index is 13.7. The summed E-state index contributed by atoms with van der Waals surface area (Å²) in [7, 11) is 0. The predicted molar refractivity (Wildman–Crippen MR) is 116 cm³/mol. The van der Waals surface area contributed by atoms with Crippen molar-refractivity contribution in [1.82, 2.24) is 15.6 Å². The van der Waals surface area contributed by atoms with Gasteiger partial charge in [0.05, 0.1) is 16.9 Å². The number of aromatic nitrogens is 2. The van der Waals surface area contributed by atoms with Crippen LogP contribution in [0.2, 0.25) is 5.02 Å². The number of amides is 1. The molecule has 0 aliphatic carbocycles. The molecule has 1 aromatic heterocycles. The van der Waals surface area contributed by atoms with E-state index in [1.165, 1.54) is 18.2 Å². The van der Waals surface area contributed by atoms with Gasteiger partial charge in [-0.25, -0.2) is 9.82 Å². The molecular weight excluding hydrogens is 403 g/mol. The van der Waals surface area contributed by atoms with Gasteiger partial charge in [-0.05, 0) is 29.3 Å². The van der Waals surface area contributed by atoms with E-state index in [9.17, 15) is 9.18 Å². The Bertz CT molecular complexity index is 1180. The second kappa shape index (κ2) is 8.71. The van der Waals surface area contributed by atoms with Crippen molar-refractivity contribution in [3.8, 4) is 22.4 Å². The minimum Gasteiger partial charge on any atom is -0.272 e. The van der Waals surface area contributed by atoms with Crippen LogP contribution in [0.1, 0.15) is 16.1 Å². The molecule has 1 amide bonds. The second-order valence-corrected chi connectivity index (χ2v) is 6.85. The highest BCUT2D eigenvalue weighted by Crippen LogP contribution is 2.24. The minimum atomic E-state index is -0.525. The fourth-order valence-electron chi connectivity index (χ4n) is 2.90. The van der Waals surface area contributed by atoms with Crippen LogP contribution in [0, 0.1) is 5.82 Å². The van der Waals surface area contributed by atoms with Crippen LogP contribution in [0.5, 0.6) is 0 Å². The zero-order valence-electron chi connectivity index (χ0n) is 15.6. The molecule has 2 N–H and O–H groups in total. The van der Waals surface area contributed by atoms with E-state index in [4.69, 9.17) is 11.6 Å². The van der Waals surface area contributed by atoms with E-state index in [0.717, 1.165) is 22.9 Å². The van der Waals surface area contributed by atoms with Crippen LogP contribution in [0.25, 0.3) is 22.4 Å². The molecule has 148 valence electrons. The van der Waals surface area contributed by atoms with Crippen molar-refractivity contribution in [3.63, 3.8) is 0 Å². The molecule has 4 rings (SSSR count). The normalized spacial score (nSPS) is 11.0. The topological polar surface area (TPSA) is 70.1 Å². The molecule has 0 unspecified atom stereocenters. The average Bonchev–Trinajstić information content (AvgIpc) is 3.27. The standard InChI is InChI=1S/C23H16ClFN4O/c24-19-7-4-8-20(25)18(19)14-26-29-23(30)22-13-21(27-28-22)17-11-9-16(10-12-17)15-5-2-1-3-6-15/h1-14H,(H,27,28)(H,29,30). The summed E-state index contributed by atoms with van der Waals surface area (Å²) >= 11 is 5.92. The molecule has 0 saturated heterocycles. The van der Waals surface area contributed by atoms with E-state index in [1.807, 2.05) is 54.6 Å². The van der Waals surface area contributed by atoms with E-state index in [2.05, 4.69) is 20.7 Å². The van der Waals surface area contributed by atoms with Crippen LogP contribution in [0.15, 0.2) is 84.0 Å². The summed E-state index contributed by atoms with van der Waals surface area (Å²) in [5.74, 6) is -1.03. The minimum absolute atomic E-state index is 0.100. The van der Waals surface area contributed by atoms with Crippen molar-refractivity contribution in [3.05, 3.63) is 101 Å². The lowest BCUT2D eigenvalue weighted by atomic mass is 10.0. The van der Waals surface area contributed by atoms with Gasteiger partial charge in [0.1, 0.15) is 11.5 Å². The first-order valence-corrected chi connectivity index (χ1v) is 9.48. The van der Waals surface area contributed by atoms with Crippen LogP contribution in [0.4, 0.5) is 4.39 Å². The molecular formula is C23H16ClFN4O. The number of aromatic amines is 1. The number of hydrazone groups is 1. The van der Waals surface area contributed by atoms with Gasteiger partial charge in [0.2, 0.25) is 0 Å². The lowest BCUT2D eigenvalue weighted by Gasteiger charge is -2.02. The predicted octanol–water partition coefficient (Wildman–Crippen LogP) is 5.30. The first-order chi connectivity index (χ1) is 14.6. The summed E-state index contributed by atoms with van der Waals surface area (Å²) in [5, 5.41) is 10.8. The monoisotopic (exact) mass is 418 g/mol. The number of halogens is 2. The number of carbonyl (C=O) groups excluding carboxylic acids is 1. The molecule has 4 aromatic rings. The van der Waals surface area contributed by atoms with E-state index < -0.39 is 11.7 Å². The number of carbonyl (C=O) groups is 1. The number of nitrogens with zero attached hydrogens (tertiary/aromatic N) is 2. The molecule has 0 atom stereocenters. The van der Waals surface area contributed by atoms with E-state index in [0.29, 0.717) is 5.69 Å². The number of rotatable bonds is 5. The Morgan fingerprint density at radius 3 is 2.40 bits per heavy atom. The van der Waals surface area contributed by atoms with E-state index in [1.54, 1.807) is 6.07 Å². The van der Waals surface area contributed by atoms with Crippen molar-refractivity contribution in [2.75, 3.05) is 0 Å². The average molecular weight is 419 g/mol. The summed E-state index contributed by atoms with van der Waals surface area (Å²) in [6, 6.07) is 23.8. The highest BCUT2D eigenvalue weighted by atomic mass is 35.5. The van der Waals surface area contributed by atoms with Gasteiger partial charge in [-0.15, -0.1) is 0 Å². The van der Waals surface area contributed by atoms with Crippen LogP contribution in [-0.4, -0.2) is 22.3 Å². The highest BCUT2D eigenvalue weighted by molar-refractivity contribution is 6.33. The number of hydrogen-bond acceptors (Lipinski definition) is 3. The molecule has 0 radical (unpaired) electrons. The third kappa shape index (κ3) is 4.29. The maximum Gasteiger partial charge on any atom is 0.289 e. The first kappa shape index (κ1) is 19.5. The van der Waals surface area contributed by atoms with Crippen LogP contribution in [-0.2, 0) is 0 Å². The van der Waals surface area contributed by atoms with Gasteiger partial charge in [-0.3, -0.25) is 9.89 Å². The molecule has 0 bridgehead atoms. The van der Waals surface area contributed by atoms with Gasteiger partial charge in [0.25, 0.3) is 5.91 Å². The zero-order chi connectivity index (χ0) is 20.9. The maximum atomic E-state index is 13.7. The fraction of sp³-hybridized carbons (Fsp3) is 0. The Morgan fingerprint density at radius 1 is 0.967 bits per heavy atom. The summed E-state index contributed by atoms with van der Waals surface area (Å²) in [4.78, 5) is 12.3. The van der Waals surface area contributed by atoms with Gasteiger partial charge < -0.3 is 0 Å². The number of hydrogen-bond donors (Lipinski definition) is 2. The third-order valence-corrected chi connectivity index (χ3v) is 4.80. The quantitative estimate of drug-likeness (QED) is 0.341. The summed E-state index contributed by atoms with van der Waals surface area (Å²) in [6.45, 7) is 0. The Morgan fingerprint density at radius 2 is 1.67 bits per heavy atom. The molecule has 30 heavy (non-hydrogen) atoms. The Kier molecular flexibility index (Phi) is 5.68. The molecule has 7 heteroatoms. The molecule has 0 spiro atoms. The van der Waals surface area contributed by atoms with Gasteiger partial charge in [-0.1, -0.05) is 72.3 Å². The summed E-state index contributed by atoms with van der Waals surface area (Å²) in [6.07, 6.45) is 1.16. The SMILES string of the molecule is O=C(NN=Cc1c(F)cccc1Cl)c1cc(-c2ccc(-c3ccccc3)cc2)n[nH]1. The fourth-order valence-corrected chi connectivity index (χ4v) is 3.11. The van der Waals surface area contributed by atoms with Crippen LogP contribution >= 0.6 is 11.6 Å². The molecule has 0 aliphatic rings. The number of nitrogens with one attached hydrogen (secondary N) is 2. The lowest BCUT2D eigenvalue weighted by Crippen LogP contribution is -2.18. The Hall–Kier alpha value is -3.77. The Labute approximate surface area is 177 Å². The molecule has 0 saturated carbocycles.